The zero-order valence-electron chi connectivity index (χ0n) is 11.9. The minimum Gasteiger partial charge on any atom is -0.492 e. The number of thioether (sulfide) groups is 1. The van der Waals surface area contributed by atoms with E-state index in [1.54, 1.807) is 0 Å². The first-order valence-corrected chi connectivity index (χ1v) is 8.55. The first-order valence-electron chi connectivity index (χ1n) is 7.18. The summed E-state index contributed by atoms with van der Waals surface area (Å²) in [5.74, 6) is 1.98. The van der Waals surface area contributed by atoms with E-state index < -0.39 is 0 Å². The van der Waals surface area contributed by atoms with Crippen LogP contribution in [-0.2, 0) is 0 Å². The van der Waals surface area contributed by atoms with Crippen LogP contribution in [0.4, 0.5) is 5.69 Å². The molecule has 0 aliphatic carbocycles. The fraction of sp³-hybridized carbons (Fsp3) is 0.294. The summed E-state index contributed by atoms with van der Waals surface area (Å²) in [6.45, 7) is 2.64. The van der Waals surface area contributed by atoms with Crippen molar-refractivity contribution in [1.29, 1.82) is 0 Å². The number of fused-ring (bicyclic) bond motifs is 1. The van der Waals surface area contributed by atoms with E-state index in [4.69, 9.17) is 16.3 Å². The quantitative estimate of drug-likeness (QED) is 0.816. The zero-order valence-corrected chi connectivity index (χ0v) is 13.5. The third-order valence-electron chi connectivity index (χ3n) is 3.53. The predicted molar refractivity (Wildman–Crippen MR) is 90.8 cm³/mol. The summed E-state index contributed by atoms with van der Waals surface area (Å²) in [5, 5.41) is 4.33. The lowest BCUT2D eigenvalue weighted by Gasteiger charge is -2.27. The lowest BCUT2D eigenvalue weighted by Crippen LogP contribution is -2.16. The fourth-order valence-electron chi connectivity index (χ4n) is 2.58. The molecule has 0 saturated heterocycles. The Balaban J connectivity index is 1.89. The van der Waals surface area contributed by atoms with Gasteiger partial charge in [0.25, 0.3) is 0 Å². The van der Waals surface area contributed by atoms with Crippen LogP contribution in [0.25, 0.3) is 0 Å². The first kappa shape index (κ1) is 14.6. The van der Waals surface area contributed by atoms with Crippen molar-refractivity contribution in [3.63, 3.8) is 0 Å². The molecule has 0 fully saturated rings. The molecule has 0 bridgehead atoms. The normalized spacial score (nSPS) is 17.1. The molecule has 1 N–H and O–H groups in total. The average Bonchev–Trinajstić information content (AvgIpc) is 2.50. The van der Waals surface area contributed by atoms with Gasteiger partial charge in [0.1, 0.15) is 5.75 Å². The maximum atomic E-state index is 6.14. The minimum absolute atomic E-state index is 0.306. The number of nitrogens with one attached hydrogen (secondary N) is 1. The SMILES string of the molecule is CCOc1ccc(Cl)cc1NC1CCSc2ccccc21. The van der Waals surface area contributed by atoms with E-state index in [0.717, 1.165) is 28.6 Å². The molecule has 21 heavy (non-hydrogen) atoms. The van der Waals surface area contributed by atoms with Crippen LogP contribution in [0.1, 0.15) is 24.9 Å². The second-order valence-corrected chi connectivity index (χ2v) is 6.52. The van der Waals surface area contributed by atoms with Crippen molar-refractivity contribution >= 4 is 29.1 Å². The van der Waals surface area contributed by atoms with Crippen LogP contribution >= 0.6 is 23.4 Å². The van der Waals surface area contributed by atoms with Gasteiger partial charge in [-0.05, 0) is 43.2 Å². The van der Waals surface area contributed by atoms with Crippen molar-refractivity contribution in [3.05, 3.63) is 53.1 Å². The van der Waals surface area contributed by atoms with E-state index in [1.807, 2.05) is 36.9 Å². The summed E-state index contributed by atoms with van der Waals surface area (Å²) in [6.07, 6.45) is 1.10. The Morgan fingerprint density at radius 1 is 1.29 bits per heavy atom. The molecule has 2 aromatic rings. The minimum atomic E-state index is 0.306. The molecule has 1 aliphatic rings. The van der Waals surface area contributed by atoms with Gasteiger partial charge in [-0.3, -0.25) is 0 Å². The third-order valence-corrected chi connectivity index (χ3v) is 4.89. The van der Waals surface area contributed by atoms with E-state index in [2.05, 4.69) is 29.6 Å². The number of rotatable bonds is 4. The van der Waals surface area contributed by atoms with Crippen LogP contribution < -0.4 is 10.1 Å². The van der Waals surface area contributed by atoms with Gasteiger partial charge in [0.05, 0.1) is 18.3 Å². The molecule has 0 amide bonds. The van der Waals surface area contributed by atoms with Crippen molar-refractivity contribution in [3.8, 4) is 5.75 Å². The maximum Gasteiger partial charge on any atom is 0.142 e. The topological polar surface area (TPSA) is 21.3 Å². The standard InChI is InChI=1S/C17H18ClNOS/c1-2-20-16-8-7-12(18)11-15(16)19-14-9-10-21-17-6-4-3-5-13(14)17/h3-8,11,14,19H,2,9-10H2,1H3. The molecule has 2 aromatic carbocycles. The molecule has 1 aliphatic heterocycles. The summed E-state index contributed by atoms with van der Waals surface area (Å²) in [5.41, 5.74) is 2.33. The van der Waals surface area contributed by atoms with Crippen molar-refractivity contribution in [2.45, 2.75) is 24.3 Å². The van der Waals surface area contributed by atoms with Gasteiger partial charge in [0.2, 0.25) is 0 Å². The van der Waals surface area contributed by atoms with Gasteiger partial charge in [-0.25, -0.2) is 0 Å². The van der Waals surface area contributed by atoms with Crippen LogP contribution in [0.3, 0.4) is 0 Å². The molecule has 1 unspecified atom stereocenters. The van der Waals surface area contributed by atoms with Crippen molar-refractivity contribution in [1.82, 2.24) is 0 Å². The Bertz CT molecular complexity index is 632. The summed E-state index contributed by atoms with van der Waals surface area (Å²) in [6, 6.07) is 14.6. The number of benzene rings is 2. The van der Waals surface area contributed by atoms with Gasteiger partial charge in [-0.15, -0.1) is 11.8 Å². The highest BCUT2D eigenvalue weighted by molar-refractivity contribution is 7.99. The van der Waals surface area contributed by atoms with E-state index in [-0.39, 0.29) is 0 Å². The molecule has 0 radical (unpaired) electrons. The predicted octanol–water partition coefficient (Wildman–Crippen LogP) is 5.39. The van der Waals surface area contributed by atoms with Gasteiger partial charge in [-0.2, -0.15) is 0 Å². The highest BCUT2D eigenvalue weighted by Crippen LogP contribution is 2.39. The lowest BCUT2D eigenvalue weighted by atomic mass is 10.0. The Morgan fingerprint density at radius 3 is 3.00 bits per heavy atom. The highest BCUT2D eigenvalue weighted by atomic mass is 35.5. The second-order valence-electron chi connectivity index (χ2n) is 4.95. The number of halogens is 1. The van der Waals surface area contributed by atoms with Gasteiger partial charge in [-0.1, -0.05) is 29.8 Å². The zero-order chi connectivity index (χ0) is 14.7. The maximum absolute atomic E-state index is 6.14. The summed E-state index contributed by atoms with van der Waals surface area (Å²) in [7, 11) is 0. The smallest absolute Gasteiger partial charge is 0.142 e. The Morgan fingerprint density at radius 2 is 2.14 bits per heavy atom. The first-order chi connectivity index (χ1) is 10.3. The highest BCUT2D eigenvalue weighted by Gasteiger charge is 2.21. The van der Waals surface area contributed by atoms with Crippen molar-refractivity contribution in [2.24, 2.45) is 0 Å². The lowest BCUT2D eigenvalue weighted by molar-refractivity contribution is 0.341. The summed E-state index contributed by atoms with van der Waals surface area (Å²) in [4.78, 5) is 1.36. The molecule has 4 heteroatoms. The van der Waals surface area contributed by atoms with Crippen LogP contribution in [0.5, 0.6) is 5.75 Å². The molecule has 110 valence electrons. The van der Waals surface area contributed by atoms with Crippen LogP contribution in [-0.4, -0.2) is 12.4 Å². The molecule has 0 saturated carbocycles. The summed E-state index contributed by atoms with van der Waals surface area (Å²) >= 11 is 8.06. The van der Waals surface area contributed by atoms with Crippen LogP contribution in [0.2, 0.25) is 5.02 Å². The average molecular weight is 320 g/mol. The Kier molecular flexibility index (Phi) is 4.61. The number of hydrogen-bond acceptors (Lipinski definition) is 3. The Labute approximate surface area is 134 Å². The Hall–Kier alpha value is -1.32. The van der Waals surface area contributed by atoms with Gasteiger partial charge in [0, 0.05) is 15.7 Å². The van der Waals surface area contributed by atoms with Crippen molar-refractivity contribution in [2.75, 3.05) is 17.7 Å². The number of hydrogen-bond donors (Lipinski definition) is 1. The number of anilines is 1. The molecular formula is C17H18ClNOS. The van der Waals surface area contributed by atoms with E-state index in [0.29, 0.717) is 12.6 Å². The largest absolute Gasteiger partial charge is 0.492 e. The molecular weight excluding hydrogens is 302 g/mol. The van der Waals surface area contributed by atoms with E-state index in [1.165, 1.54) is 10.5 Å². The van der Waals surface area contributed by atoms with Gasteiger partial charge in [0.15, 0.2) is 0 Å². The summed E-state index contributed by atoms with van der Waals surface area (Å²) < 4.78 is 5.70. The molecule has 3 rings (SSSR count). The second kappa shape index (κ2) is 6.63. The molecule has 2 nitrogen and oxygen atoms in total. The van der Waals surface area contributed by atoms with E-state index >= 15 is 0 Å². The fourth-order valence-corrected chi connectivity index (χ4v) is 3.87. The number of ether oxygens (including phenoxy) is 1. The van der Waals surface area contributed by atoms with Gasteiger partial charge < -0.3 is 10.1 Å². The van der Waals surface area contributed by atoms with Crippen LogP contribution in [0.15, 0.2) is 47.4 Å². The third kappa shape index (κ3) is 3.30. The van der Waals surface area contributed by atoms with E-state index in [9.17, 15) is 0 Å². The molecule has 1 heterocycles. The molecule has 0 aromatic heterocycles. The monoisotopic (exact) mass is 319 g/mol. The van der Waals surface area contributed by atoms with Crippen molar-refractivity contribution < 1.29 is 4.74 Å². The van der Waals surface area contributed by atoms with Gasteiger partial charge >= 0.3 is 0 Å². The molecule has 0 spiro atoms. The molecule has 1 atom stereocenters. The van der Waals surface area contributed by atoms with Crippen LogP contribution in [0, 0.1) is 0 Å².